The van der Waals surface area contributed by atoms with Crippen LogP contribution in [0.25, 0.3) is 10.9 Å². The number of amides is 1. The minimum Gasteiger partial charge on any atom is -0.482 e. The zero-order chi connectivity index (χ0) is 25.2. The van der Waals surface area contributed by atoms with Crippen molar-refractivity contribution in [3.63, 3.8) is 0 Å². The van der Waals surface area contributed by atoms with Crippen molar-refractivity contribution in [1.29, 1.82) is 0 Å². The molecule has 8 nitrogen and oxygen atoms in total. The molecule has 5 rings (SSSR count). The number of pyridine rings is 1. The number of fused-ring (bicyclic) bond motifs is 2. The number of rotatable bonds is 7. The van der Waals surface area contributed by atoms with Gasteiger partial charge in [-0.15, -0.1) is 24.8 Å². The van der Waals surface area contributed by atoms with Crippen molar-refractivity contribution in [3.05, 3.63) is 69.2 Å². The number of halogens is 4. The Labute approximate surface area is 236 Å². The first kappa shape index (κ1) is 30.1. The molecule has 2 aliphatic rings. The molecule has 1 fully saturated rings. The Bertz CT molecular complexity index is 1360. The Morgan fingerprint density at radius 2 is 1.89 bits per heavy atom. The topological polar surface area (TPSA) is 95.8 Å². The number of nitrogens with one attached hydrogen (secondary N) is 2. The predicted octanol–water partition coefficient (Wildman–Crippen LogP) is 3.44. The van der Waals surface area contributed by atoms with Crippen LogP contribution < -0.4 is 20.9 Å². The highest BCUT2D eigenvalue weighted by Gasteiger charge is 2.26. The Morgan fingerprint density at radius 3 is 2.71 bits per heavy atom. The Morgan fingerprint density at radius 1 is 1.11 bits per heavy atom. The SMILES string of the molecule is Cl.Cl.O=C1COc2cc(Cl)c(CNC[C@H]3C[C@@H](O)CN(CCn4c(=O)ccc5ccc(F)cc54)C3)cc2N1. The van der Waals surface area contributed by atoms with E-state index in [1.54, 1.807) is 22.8 Å². The van der Waals surface area contributed by atoms with Crippen molar-refractivity contribution in [2.75, 3.05) is 38.1 Å². The van der Waals surface area contributed by atoms with Crippen molar-refractivity contribution in [2.24, 2.45) is 5.92 Å². The second kappa shape index (κ2) is 13.1. The Hall–Kier alpha value is -2.40. The molecule has 38 heavy (non-hydrogen) atoms. The number of hydrogen-bond donors (Lipinski definition) is 3. The number of carbonyl (C=O) groups excluding carboxylic acids is 1. The second-order valence-electron chi connectivity index (χ2n) is 9.45. The van der Waals surface area contributed by atoms with Crippen molar-refractivity contribution in [1.82, 2.24) is 14.8 Å². The van der Waals surface area contributed by atoms with Crippen LogP contribution in [0.15, 0.2) is 47.3 Å². The van der Waals surface area contributed by atoms with Gasteiger partial charge in [-0.3, -0.25) is 14.5 Å². The predicted molar refractivity (Wildman–Crippen MR) is 150 cm³/mol. The number of aromatic nitrogens is 1. The van der Waals surface area contributed by atoms with E-state index in [0.29, 0.717) is 61.1 Å². The van der Waals surface area contributed by atoms with Gasteiger partial charge >= 0.3 is 0 Å². The molecule has 12 heteroatoms. The fourth-order valence-corrected chi connectivity index (χ4v) is 5.25. The first-order chi connectivity index (χ1) is 17.4. The molecule has 1 saturated heterocycles. The highest BCUT2D eigenvalue weighted by Crippen LogP contribution is 2.33. The number of ether oxygens (including phenoxy) is 1. The molecular weight excluding hydrogens is 558 g/mol. The zero-order valence-electron chi connectivity index (χ0n) is 20.5. The van der Waals surface area contributed by atoms with E-state index in [0.717, 1.165) is 17.5 Å². The molecule has 3 N–H and O–H groups in total. The van der Waals surface area contributed by atoms with Crippen molar-refractivity contribution in [3.8, 4) is 5.75 Å². The maximum atomic E-state index is 13.8. The molecule has 3 aromatic rings. The molecule has 2 aliphatic heterocycles. The summed E-state index contributed by atoms with van der Waals surface area (Å²) in [6.07, 6.45) is 0.206. The number of hydrogen-bond acceptors (Lipinski definition) is 6. The third-order valence-corrected chi connectivity index (χ3v) is 7.07. The molecule has 1 amide bonds. The van der Waals surface area contributed by atoms with Crippen LogP contribution in [0.4, 0.5) is 10.1 Å². The number of nitrogens with zero attached hydrogens (tertiary/aromatic N) is 2. The van der Waals surface area contributed by atoms with Gasteiger partial charge in [-0.2, -0.15) is 0 Å². The highest BCUT2D eigenvalue weighted by molar-refractivity contribution is 6.31. The van der Waals surface area contributed by atoms with Gasteiger partial charge in [-0.05, 0) is 60.2 Å². The van der Waals surface area contributed by atoms with E-state index in [1.165, 1.54) is 18.2 Å². The average Bonchev–Trinajstić information content (AvgIpc) is 2.83. The summed E-state index contributed by atoms with van der Waals surface area (Å²) in [6.45, 7) is 3.42. The number of likely N-dealkylation sites (tertiary alicyclic amines) is 1. The van der Waals surface area contributed by atoms with Crippen LogP contribution in [0, 0.1) is 11.7 Å². The molecular formula is C26H30Cl3FN4O4. The van der Waals surface area contributed by atoms with Gasteiger partial charge in [-0.25, -0.2) is 4.39 Å². The largest absolute Gasteiger partial charge is 0.482 e. The Kier molecular flexibility index (Phi) is 10.4. The van der Waals surface area contributed by atoms with Crippen LogP contribution in [-0.2, 0) is 17.9 Å². The van der Waals surface area contributed by atoms with Gasteiger partial charge in [-0.1, -0.05) is 11.6 Å². The summed E-state index contributed by atoms with van der Waals surface area (Å²) in [5.41, 5.74) is 1.85. The van der Waals surface area contributed by atoms with Crippen LogP contribution in [-0.4, -0.2) is 59.4 Å². The molecule has 0 saturated carbocycles. The lowest BCUT2D eigenvalue weighted by Gasteiger charge is -2.36. The average molecular weight is 588 g/mol. The van der Waals surface area contributed by atoms with Gasteiger partial charge < -0.3 is 25.0 Å². The number of β-amino-alcohol motifs (C(OH)–C–C–N with tert-alkyl or cyclic N) is 1. The fraction of sp³-hybridized carbons (Fsp3) is 0.385. The molecule has 3 heterocycles. The Balaban J connectivity index is 0.00000200. The first-order valence-electron chi connectivity index (χ1n) is 12.0. The number of benzene rings is 2. The third kappa shape index (κ3) is 6.97. The molecule has 0 unspecified atom stereocenters. The lowest BCUT2D eigenvalue weighted by atomic mass is 9.95. The lowest BCUT2D eigenvalue weighted by Crippen LogP contribution is -2.47. The maximum Gasteiger partial charge on any atom is 0.262 e. The number of aliphatic hydroxyl groups excluding tert-OH is 1. The van der Waals surface area contributed by atoms with Crippen molar-refractivity contribution < 1.29 is 19.0 Å². The van der Waals surface area contributed by atoms with Gasteiger partial charge in [0.1, 0.15) is 11.6 Å². The van der Waals surface area contributed by atoms with E-state index in [1.807, 2.05) is 6.07 Å². The van der Waals surface area contributed by atoms with E-state index < -0.39 is 6.10 Å². The second-order valence-corrected chi connectivity index (χ2v) is 9.86. The zero-order valence-corrected chi connectivity index (χ0v) is 22.9. The van der Waals surface area contributed by atoms with Gasteiger partial charge in [0.2, 0.25) is 0 Å². The van der Waals surface area contributed by atoms with Gasteiger partial charge in [0.25, 0.3) is 11.5 Å². The molecule has 0 bridgehead atoms. The van der Waals surface area contributed by atoms with Crippen LogP contribution in [0.1, 0.15) is 12.0 Å². The third-order valence-electron chi connectivity index (χ3n) is 6.72. The van der Waals surface area contributed by atoms with E-state index in [9.17, 15) is 19.1 Å². The smallest absolute Gasteiger partial charge is 0.262 e. The number of carbonyl (C=O) groups is 1. The highest BCUT2D eigenvalue weighted by atomic mass is 35.5. The summed E-state index contributed by atoms with van der Waals surface area (Å²) in [6, 6.07) is 11.2. The molecule has 0 radical (unpaired) electrons. The molecule has 2 aromatic carbocycles. The van der Waals surface area contributed by atoms with Crippen LogP contribution in [0.2, 0.25) is 5.02 Å². The molecule has 2 atom stereocenters. The van der Waals surface area contributed by atoms with E-state index in [-0.39, 0.29) is 54.6 Å². The van der Waals surface area contributed by atoms with Gasteiger partial charge in [0, 0.05) is 49.9 Å². The van der Waals surface area contributed by atoms with Crippen molar-refractivity contribution >= 4 is 58.9 Å². The molecule has 206 valence electrons. The monoisotopic (exact) mass is 586 g/mol. The van der Waals surface area contributed by atoms with E-state index in [2.05, 4.69) is 15.5 Å². The molecule has 1 aromatic heterocycles. The number of piperidine rings is 1. The summed E-state index contributed by atoms with van der Waals surface area (Å²) in [5.74, 6) is 0.184. The fourth-order valence-electron chi connectivity index (χ4n) is 5.03. The first-order valence-corrected chi connectivity index (χ1v) is 12.4. The lowest BCUT2D eigenvalue weighted by molar-refractivity contribution is -0.118. The van der Waals surface area contributed by atoms with Gasteiger partial charge in [0.05, 0.1) is 17.3 Å². The summed E-state index contributed by atoms with van der Waals surface area (Å²) in [5, 5.41) is 18.0. The normalized spacial score (nSPS) is 19.1. The maximum absolute atomic E-state index is 13.8. The summed E-state index contributed by atoms with van der Waals surface area (Å²) < 4.78 is 20.8. The van der Waals surface area contributed by atoms with Crippen molar-refractivity contribution in [2.45, 2.75) is 25.6 Å². The van der Waals surface area contributed by atoms with Crippen LogP contribution in [0.5, 0.6) is 5.75 Å². The standard InChI is InChI=1S/C26H28ClFN4O4.2ClH/c27-21-10-24-22(30-25(34)15-36-24)8-18(21)12-29-11-16-7-20(33)14-31(13-16)5-6-32-23-9-19(28)3-1-17(23)2-4-26(32)35;;/h1-4,8-10,16,20,29,33H,5-7,11-15H2,(H,30,34);2*1H/t16-,20-;;/m1../s1. The number of aliphatic hydroxyl groups is 1. The van der Waals surface area contributed by atoms with Gasteiger partial charge in [0.15, 0.2) is 6.61 Å². The minimum atomic E-state index is -0.466. The summed E-state index contributed by atoms with van der Waals surface area (Å²) in [4.78, 5) is 26.2. The van der Waals surface area contributed by atoms with E-state index in [4.69, 9.17) is 16.3 Å². The number of anilines is 1. The summed E-state index contributed by atoms with van der Waals surface area (Å²) >= 11 is 6.40. The van der Waals surface area contributed by atoms with E-state index >= 15 is 0 Å². The minimum absolute atomic E-state index is 0. The quantitative estimate of drug-likeness (QED) is 0.392. The molecule has 0 aliphatic carbocycles. The van der Waals surface area contributed by atoms with Crippen LogP contribution in [0.3, 0.4) is 0 Å². The molecule has 0 spiro atoms. The summed E-state index contributed by atoms with van der Waals surface area (Å²) in [7, 11) is 0. The van der Waals surface area contributed by atoms with Crippen LogP contribution >= 0.6 is 36.4 Å².